The second-order valence-corrected chi connectivity index (χ2v) is 5.57. The Morgan fingerprint density at radius 2 is 2.31 bits per heavy atom. The first-order valence-electron chi connectivity index (χ1n) is 5.44. The van der Waals surface area contributed by atoms with Crippen LogP contribution in [0.5, 0.6) is 0 Å². The van der Waals surface area contributed by atoms with Gasteiger partial charge in [-0.3, -0.25) is 9.36 Å². The quantitative estimate of drug-likeness (QED) is 0.740. The van der Waals surface area contributed by atoms with Crippen LogP contribution in [0.4, 0.5) is 0 Å². The first-order valence-corrected chi connectivity index (χ1v) is 6.23. The van der Waals surface area contributed by atoms with Crippen molar-refractivity contribution in [3.63, 3.8) is 0 Å². The zero-order valence-corrected chi connectivity index (χ0v) is 10.1. The molecule has 0 unspecified atom stereocenters. The molecule has 3 nitrogen and oxygen atoms in total. The standard InChI is InChI=1S/C12H9BrN2O/c13-7-1-2-8-10(4-7)14-11-9-3-6(9)5-15(11)12(8)16/h1-2,4,6,9H,3,5H2/t6-,9-/m0/s1. The Labute approximate surface area is 100 Å². The summed E-state index contributed by atoms with van der Waals surface area (Å²) < 4.78 is 2.83. The monoisotopic (exact) mass is 276 g/mol. The van der Waals surface area contributed by atoms with E-state index in [-0.39, 0.29) is 5.56 Å². The maximum atomic E-state index is 12.2. The average molecular weight is 277 g/mol. The number of hydrogen-bond acceptors (Lipinski definition) is 2. The summed E-state index contributed by atoms with van der Waals surface area (Å²) >= 11 is 3.41. The lowest BCUT2D eigenvalue weighted by Gasteiger charge is -2.07. The molecule has 0 spiro atoms. The molecule has 80 valence electrons. The summed E-state index contributed by atoms with van der Waals surface area (Å²) in [6, 6.07) is 5.67. The van der Waals surface area contributed by atoms with Crippen molar-refractivity contribution in [1.29, 1.82) is 0 Å². The zero-order valence-electron chi connectivity index (χ0n) is 8.48. The molecular weight excluding hydrogens is 268 g/mol. The maximum Gasteiger partial charge on any atom is 0.261 e. The summed E-state index contributed by atoms with van der Waals surface area (Å²) in [6.45, 7) is 0.873. The van der Waals surface area contributed by atoms with E-state index in [4.69, 9.17) is 0 Å². The average Bonchev–Trinajstić information content (AvgIpc) is 2.94. The van der Waals surface area contributed by atoms with Gasteiger partial charge in [-0.15, -0.1) is 0 Å². The predicted octanol–water partition coefficient (Wildman–Crippen LogP) is 2.28. The molecule has 0 amide bonds. The van der Waals surface area contributed by atoms with Crippen LogP contribution in [0.25, 0.3) is 10.9 Å². The lowest BCUT2D eigenvalue weighted by Crippen LogP contribution is -2.22. The van der Waals surface area contributed by atoms with Crippen molar-refractivity contribution < 1.29 is 0 Å². The second-order valence-electron chi connectivity index (χ2n) is 4.65. The molecule has 1 aromatic heterocycles. The molecular formula is C12H9BrN2O. The molecule has 16 heavy (non-hydrogen) atoms. The van der Waals surface area contributed by atoms with Crippen LogP contribution in [0, 0.1) is 5.92 Å². The third-order valence-electron chi connectivity index (χ3n) is 3.62. The predicted molar refractivity (Wildman–Crippen MR) is 64.6 cm³/mol. The number of benzene rings is 1. The van der Waals surface area contributed by atoms with Gasteiger partial charge in [0.1, 0.15) is 5.82 Å². The molecule has 1 aromatic carbocycles. The van der Waals surface area contributed by atoms with E-state index in [1.807, 2.05) is 22.8 Å². The third kappa shape index (κ3) is 1.03. The van der Waals surface area contributed by atoms with Gasteiger partial charge in [0.05, 0.1) is 10.9 Å². The van der Waals surface area contributed by atoms with Crippen molar-refractivity contribution in [3.8, 4) is 0 Å². The van der Waals surface area contributed by atoms with Crippen LogP contribution in [-0.2, 0) is 6.54 Å². The van der Waals surface area contributed by atoms with Crippen molar-refractivity contribution in [2.45, 2.75) is 18.9 Å². The smallest absolute Gasteiger partial charge is 0.261 e. The number of fused-ring (bicyclic) bond motifs is 4. The number of hydrogen-bond donors (Lipinski definition) is 0. The zero-order chi connectivity index (χ0) is 10.9. The van der Waals surface area contributed by atoms with Gasteiger partial charge in [-0.05, 0) is 30.5 Å². The largest absolute Gasteiger partial charge is 0.296 e. The Hall–Kier alpha value is -1.16. The minimum atomic E-state index is 0.125. The molecule has 2 atom stereocenters. The van der Waals surface area contributed by atoms with Gasteiger partial charge >= 0.3 is 0 Å². The number of aromatic nitrogens is 2. The molecule has 1 aliphatic carbocycles. The van der Waals surface area contributed by atoms with E-state index in [0.29, 0.717) is 11.8 Å². The van der Waals surface area contributed by atoms with Gasteiger partial charge in [0, 0.05) is 16.9 Å². The Morgan fingerprint density at radius 1 is 1.44 bits per heavy atom. The van der Waals surface area contributed by atoms with E-state index in [2.05, 4.69) is 20.9 Å². The molecule has 2 aromatic rings. The fraction of sp³-hybridized carbons (Fsp3) is 0.333. The molecule has 1 saturated carbocycles. The number of halogens is 1. The van der Waals surface area contributed by atoms with Crippen molar-refractivity contribution in [2.75, 3.05) is 0 Å². The van der Waals surface area contributed by atoms with Gasteiger partial charge in [-0.1, -0.05) is 15.9 Å². The topological polar surface area (TPSA) is 34.9 Å². The normalized spacial score (nSPS) is 25.6. The SMILES string of the molecule is O=c1c2ccc(Br)cc2nc2n1C[C@@H]1C[C@H]21. The van der Waals surface area contributed by atoms with Gasteiger partial charge < -0.3 is 0 Å². The van der Waals surface area contributed by atoms with Crippen molar-refractivity contribution >= 4 is 26.8 Å². The van der Waals surface area contributed by atoms with Crippen LogP contribution in [0.3, 0.4) is 0 Å². The minimum absolute atomic E-state index is 0.125. The Kier molecular flexibility index (Phi) is 1.53. The molecule has 0 radical (unpaired) electrons. The molecule has 0 N–H and O–H groups in total. The van der Waals surface area contributed by atoms with E-state index >= 15 is 0 Å². The van der Waals surface area contributed by atoms with Crippen molar-refractivity contribution in [3.05, 3.63) is 38.9 Å². The fourth-order valence-electron chi connectivity index (χ4n) is 2.67. The van der Waals surface area contributed by atoms with Crippen molar-refractivity contribution in [2.24, 2.45) is 5.92 Å². The summed E-state index contributed by atoms with van der Waals surface area (Å²) in [5.41, 5.74) is 0.942. The maximum absolute atomic E-state index is 12.2. The molecule has 0 saturated heterocycles. The van der Waals surface area contributed by atoms with Crippen LogP contribution in [0.1, 0.15) is 18.2 Å². The highest BCUT2D eigenvalue weighted by atomic mass is 79.9. The molecule has 2 heterocycles. The third-order valence-corrected chi connectivity index (χ3v) is 4.11. The van der Waals surface area contributed by atoms with E-state index in [1.165, 1.54) is 6.42 Å². The van der Waals surface area contributed by atoms with Crippen LogP contribution < -0.4 is 5.56 Å². The molecule has 4 rings (SSSR count). The van der Waals surface area contributed by atoms with Crippen LogP contribution in [0.2, 0.25) is 0 Å². The molecule has 4 heteroatoms. The van der Waals surface area contributed by atoms with E-state index in [1.54, 1.807) is 0 Å². The highest BCUT2D eigenvalue weighted by Gasteiger charge is 2.47. The molecule has 2 aliphatic rings. The Bertz CT molecular complexity index is 677. The molecule has 1 fully saturated rings. The van der Waals surface area contributed by atoms with Crippen LogP contribution >= 0.6 is 15.9 Å². The minimum Gasteiger partial charge on any atom is -0.296 e. The van der Waals surface area contributed by atoms with Crippen LogP contribution in [-0.4, -0.2) is 9.55 Å². The Morgan fingerprint density at radius 3 is 3.19 bits per heavy atom. The van der Waals surface area contributed by atoms with Gasteiger partial charge in [-0.2, -0.15) is 0 Å². The lowest BCUT2D eigenvalue weighted by molar-refractivity contribution is 0.642. The van der Waals surface area contributed by atoms with Gasteiger partial charge in [-0.25, -0.2) is 4.98 Å². The molecule has 1 aliphatic heterocycles. The summed E-state index contributed by atoms with van der Waals surface area (Å²) in [4.78, 5) is 16.8. The lowest BCUT2D eigenvalue weighted by atomic mass is 10.2. The van der Waals surface area contributed by atoms with Crippen molar-refractivity contribution in [1.82, 2.24) is 9.55 Å². The van der Waals surface area contributed by atoms with E-state index < -0.39 is 0 Å². The fourth-order valence-corrected chi connectivity index (χ4v) is 3.02. The van der Waals surface area contributed by atoms with Crippen LogP contribution in [0.15, 0.2) is 27.5 Å². The first kappa shape index (κ1) is 8.93. The van der Waals surface area contributed by atoms with Gasteiger partial charge in [0.15, 0.2) is 0 Å². The summed E-state index contributed by atoms with van der Waals surface area (Å²) in [5.74, 6) is 2.23. The second kappa shape index (κ2) is 2.74. The highest BCUT2D eigenvalue weighted by Crippen LogP contribution is 2.52. The first-order chi connectivity index (χ1) is 7.74. The van der Waals surface area contributed by atoms with E-state index in [9.17, 15) is 4.79 Å². The number of nitrogens with zero attached hydrogens (tertiary/aromatic N) is 2. The highest BCUT2D eigenvalue weighted by molar-refractivity contribution is 9.10. The summed E-state index contributed by atoms with van der Waals surface area (Å²) in [5, 5.41) is 0.730. The summed E-state index contributed by atoms with van der Waals surface area (Å²) in [6.07, 6.45) is 1.21. The number of rotatable bonds is 0. The van der Waals surface area contributed by atoms with Gasteiger partial charge in [0.2, 0.25) is 0 Å². The van der Waals surface area contributed by atoms with E-state index in [0.717, 1.165) is 27.7 Å². The van der Waals surface area contributed by atoms with Gasteiger partial charge in [0.25, 0.3) is 5.56 Å². The molecule has 0 bridgehead atoms. The Balaban J connectivity index is 2.14. The summed E-state index contributed by atoms with van der Waals surface area (Å²) in [7, 11) is 0.